The molecular formula is C16H17ClN2O2. The van der Waals surface area contributed by atoms with E-state index in [-0.39, 0.29) is 11.5 Å². The van der Waals surface area contributed by atoms with Gasteiger partial charge in [-0.25, -0.2) is 4.98 Å². The topological polar surface area (TPSA) is 44.1 Å². The molecule has 0 aliphatic heterocycles. The van der Waals surface area contributed by atoms with Gasteiger partial charge in [0.15, 0.2) is 5.76 Å². The highest BCUT2D eigenvalue weighted by atomic mass is 35.5. The predicted octanol–water partition coefficient (Wildman–Crippen LogP) is 3.72. The maximum Gasteiger partial charge on any atom is 0.204 e. The predicted molar refractivity (Wildman–Crippen MR) is 82.2 cm³/mol. The van der Waals surface area contributed by atoms with E-state index in [2.05, 4.69) is 11.6 Å². The van der Waals surface area contributed by atoms with E-state index in [1.54, 1.807) is 36.8 Å². The minimum Gasteiger partial charge on any atom is -0.454 e. The van der Waals surface area contributed by atoms with E-state index >= 15 is 0 Å². The highest BCUT2D eigenvalue weighted by Gasteiger charge is 2.31. The van der Waals surface area contributed by atoms with Gasteiger partial charge in [0.2, 0.25) is 5.78 Å². The van der Waals surface area contributed by atoms with Crippen molar-refractivity contribution in [2.24, 2.45) is 5.41 Å². The van der Waals surface area contributed by atoms with Gasteiger partial charge in [-0.05, 0) is 24.3 Å². The maximum absolute atomic E-state index is 12.5. The summed E-state index contributed by atoms with van der Waals surface area (Å²) in [5, 5.41) is 0.611. The van der Waals surface area contributed by atoms with Crippen LogP contribution in [0.3, 0.4) is 0 Å². The fourth-order valence-corrected chi connectivity index (χ4v) is 2.10. The van der Waals surface area contributed by atoms with Gasteiger partial charge in [0.25, 0.3) is 0 Å². The molecule has 5 heteroatoms. The van der Waals surface area contributed by atoms with Crippen molar-refractivity contribution in [3.63, 3.8) is 0 Å². The molecule has 4 nitrogen and oxygen atoms in total. The number of aromatic nitrogens is 2. The van der Waals surface area contributed by atoms with Crippen LogP contribution in [0.2, 0.25) is 5.02 Å². The zero-order chi connectivity index (χ0) is 15.5. The first-order chi connectivity index (χ1) is 9.88. The van der Waals surface area contributed by atoms with Gasteiger partial charge >= 0.3 is 0 Å². The standard InChI is InChI=1S/C16H17ClN2O2/c1-12(21-14-6-4-13(17)5-7-14)15(20)16(2,3)10-19-9-8-18-11-19/h4-9,11H,1,10H2,2-3H3. The molecular weight excluding hydrogens is 288 g/mol. The Morgan fingerprint density at radius 2 is 2.05 bits per heavy atom. The number of allylic oxidation sites excluding steroid dienone is 1. The molecule has 0 spiro atoms. The van der Waals surface area contributed by atoms with Gasteiger partial charge in [0, 0.05) is 29.4 Å². The first kappa shape index (κ1) is 15.3. The van der Waals surface area contributed by atoms with Crippen molar-refractivity contribution in [1.29, 1.82) is 0 Å². The Morgan fingerprint density at radius 3 is 2.62 bits per heavy atom. The minimum absolute atomic E-state index is 0.113. The van der Waals surface area contributed by atoms with Crippen LogP contribution in [0.5, 0.6) is 5.75 Å². The molecule has 0 N–H and O–H groups in total. The van der Waals surface area contributed by atoms with E-state index in [1.807, 2.05) is 24.6 Å². The lowest BCUT2D eigenvalue weighted by Gasteiger charge is -2.24. The Kier molecular flexibility index (Phi) is 4.48. The smallest absolute Gasteiger partial charge is 0.204 e. The summed E-state index contributed by atoms with van der Waals surface area (Å²) in [6.45, 7) is 7.95. The molecule has 0 saturated carbocycles. The maximum atomic E-state index is 12.5. The van der Waals surface area contributed by atoms with Crippen LogP contribution >= 0.6 is 11.6 Å². The van der Waals surface area contributed by atoms with Crippen LogP contribution in [0.1, 0.15) is 13.8 Å². The van der Waals surface area contributed by atoms with E-state index in [4.69, 9.17) is 16.3 Å². The number of hydrogen-bond acceptors (Lipinski definition) is 3. The summed E-state index contributed by atoms with van der Waals surface area (Å²) in [4.78, 5) is 16.4. The zero-order valence-electron chi connectivity index (χ0n) is 12.0. The molecule has 1 aromatic heterocycles. The normalized spacial score (nSPS) is 11.2. The van der Waals surface area contributed by atoms with Gasteiger partial charge in [-0.1, -0.05) is 32.0 Å². The van der Waals surface area contributed by atoms with Crippen LogP contribution in [0.15, 0.2) is 55.3 Å². The van der Waals surface area contributed by atoms with Crippen molar-refractivity contribution < 1.29 is 9.53 Å². The number of halogens is 1. The van der Waals surface area contributed by atoms with Crippen LogP contribution in [0.4, 0.5) is 0 Å². The third kappa shape index (κ3) is 3.95. The van der Waals surface area contributed by atoms with Gasteiger partial charge in [0.1, 0.15) is 5.75 Å². The van der Waals surface area contributed by atoms with Crippen molar-refractivity contribution in [1.82, 2.24) is 9.55 Å². The average molecular weight is 305 g/mol. The number of Topliss-reactive ketones (excluding diaryl/α,β-unsaturated/α-hetero) is 1. The summed E-state index contributed by atoms with van der Waals surface area (Å²) in [6, 6.07) is 6.80. The van der Waals surface area contributed by atoms with Crippen molar-refractivity contribution in [2.75, 3.05) is 0 Å². The number of rotatable bonds is 6. The van der Waals surface area contributed by atoms with Crippen molar-refractivity contribution in [3.05, 3.63) is 60.3 Å². The highest BCUT2D eigenvalue weighted by Crippen LogP contribution is 2.25. The van der Waals surface area contributed by atoms with Crippen molar-refractivity contribution >= 4 is 17.4 Å². The lowest BCUT2D eigenvalue weighted by atomic mass is 9.87. The van der Waals surface area contributed by atoms with Crippen molar-refractivity contribution in [2.45, 2.75) is 20.4 Å². The molecule has 0 atom stereocenters. The molecule has 0 aliphatic carbocycles. The zero-order valence-corrected chi connectivity index (χ0v) is 12.8. The fraction of sp³-hybridized carbons (Fsp3) is 0.250. The average Bonchev–Trinajstić information content (AvgIpc) is 2.92. The molecule has 2 aromatic rings. The first-order valence-corrected chi connectivity index (χ1v) is 6.89. The Labute approximate surface area is 129 Å². The van der Waals surface area contributed by atoms with Gasteiger partial charge in [-0.2, -0.15) is 0 Å². The van der Waals surface area contributed by atoms with Crippen LogP contribution in [-0.2, 0) is 11.3 Å². The molecule has 0 unspecified atom stereocenters. The summed E-state index contributed by atoms with van der Waals surface area (Å²) in [7, 11) is 0. The SMILES string of the molecule is C=C(Oc1ccc(Cl)cc1)C(=O)C(C)(C)Cn1ccnc1. The highest BCUT2D eigenvalue weighted by molar-refractivity contribution is 6.30. The molecule has 0 radical (unpaired) electrons. The largest absolute Gasteiger partial charge is 0.454 e. The molecule has 0 fully saturated rings. The van der Waals surface area contributed by atoms with Crippen LogP contribution in [-0.4, -0.2) is 15.3 Å². The number of ether oxygens (including phenoxy) is 1. The Balaban J connectivity index is 2.04. The van der Waals surface area contributed by atoms with Crippen LogP contribution < -0.4 is 4.74 Å². The van der Waals surface area contributed by atoms with Gasteiger partial charge in [-0.15, -0.1) is 0 Å². The van der Waals surface area contributed by atoms with Gasteiger partial charge in [-0.3, -0.25) is 4.79 Å². The van der Waals surface area contributed by atoms with Crippen molar-refractivity contribution in [3.8, 4) is 5.75 Å². The molecule has 0 saturated heterocycles. The number of imidazole rings is 1. The molecule has 2 rings (SSSR count). The first-order valence-electron chi connectivity index (χ1n) is 6.51. The summed E-state index contributed by atoms with van der Waals surface area (Å²) in [6.07, 6.45) is 5.18. The van der Waals surface area contributed by atoms with Gasteiger partial charge in [0.05, 0.1) is 6.33 Å². The molecule has 0 aliphatic rings. The second-order valence-corrected chi connectivity index (χ2v) is 5.86. The molecule has 0 bridgehead atoms. The number of carbonyl (C=O) groups excluding carboxylic acids is 1. The quantitative estimate of drug-likeness (QED) is 0.603. The van der Waals surface area contributed by atoms with E-state index in [0.29, 0.717) is 17.3 Å². The van der Waals surface area contributed by atoms with Crippen LogP contribution in [0, 0.1) is 5.41 Å². The third-order valence-electron chi connectivity index (χ3n) is 3.06. The number of hydrogen-bond donors (Lipinski definition) is 0. The number of ketones is 1. The number of benzene rings is 1. The summed E-state index contributed by atoms with van der Waals surface area (Å²) in [5.41, 5.74) is -0.635. The summed E-state index contributed by atoms with van der Waals surface area (Å²) in [5.74, 6) is 0.504. The van der Waals surface area contributed by atoms with E-state index in [0.717, 1.165) is 0 Å². The lowest BCUT2D eigenvalue weighted by molar-refractivity contribution is -0.126. The van der Waals surface area contributed by atoms with Gasteiger partial charge < -0.3 is 9.30 Å². The number of nitrogens with zero attached hydrogens (tertiary/aromatic N) is 2. The second kappa shape index (κ2) is 6.14. The fourth-order valence-electron chi connectivity index (χ4n) is 1.98. The molecule has 21 heavy (non-hydrogen) atoms. The van der Waals surface area contributed by atoms with E-state index < -0.39 is 5.41 Å². The molecule has 0 amide bonds. The summed E-state index contributed by atoms with van der Waals surface area (Å²) < 4.78 is 7.36. The molecule has 1 heterocycles. The monoisotopic (exact) mass is 304 g/mol. The third-order valence-corrected chi connectivity index (χ3v) is 3.31. The Hall–Kier alpha value is -2.07. The Morgan fingerprint density at radius 1 is 1.38 bits per heavy atom. The number of carbonyl (C=O) groups is 1. The van der Waals surface area contributed by atoms with E-state index in [9.17, 15) is 4.79 Å². The van der Waals surface area contributed by atoms with E-state index in [1.165, 1.54) is 0 Å². The molecule has 1 aromatic carbocycles. The molecule has 110 valence electrons. The Bertz CT molecular complexity index is 631. The minimum atomic E-state index is -0.635. The lowest BCUT2D eigenvalue weighted by Crippen LogP contribution is -2.31. The summed E-state index contributed by atoms with van der Waals surface area (Å²) >= 11 is 5.81. The van der Waals surface area contributed by atoms with Crippen LogP contribution in [0.25, 0.3) is 0 Å². The second-order valence-electron chi connectivity index (χ2n) is 5.43.